The highest BCUT2D eigenvalue weighted by atomic mass is 32.2. The molecule has 0 saturated carbocycles. The van der Waals surface area contributed by atoms with Crippen molar-refractivity contribution in [2.45, 2.75) is 24.9 Å². The van der Waals surface area contributed by atoms with Crippen LogP contribution < -0.4 is 0 Å². The number of aryl methyl sites for hydroxylation is 1. The fourth-order valence-electron chi connectivity index (χ4n) is 2.95. The van der Waals surface area contributed by atoms with Crippen molar-refractivity contribution >= 4 is 22.0 Å². The van der Waals surface area contributed by atoms with Crippen molar-refractivity contribution < 1.29 is 28.2 Å². The van der Waals surface area contributed by atoms with Crippen LogP contribution in [0.2, 0.25) is 0 Å². The summed E-state index contributed by atoms with van der Waals surface area (Å²) in [5.41, 5.74) is 0.452. The molecule has 3 rings (SSSR count). The Morgan fingerprint density at radius 1 is 1.00 bits per heavy atom. The fourth-order valence-corrected chi connectivity index (χ4v) is 4.39. The van der Waals surface area contributed by atoms with E-state index in [4.69, 9.17) is 5.11 Å². The number of carboxylic acids is 2. The van der Waals surface area contributed by atoms with Crippen LogP contribution in [0.3, 0.4) is 0 Å². The van der Waals surface area contributed by atoms with Gasteiger partial charge in [-0.05, 0) is 24.6 Å². The first-order chi connectivity index (χ1) is 14.7. The molecule has 0 atom stereocenters. The van der Waals surface area contributed by atoms with Crippen LogP contribution in [-0.4, -0.2) is 56.4 Å². The topological polar surface area (TPSA) is 143 Å². The highest BCUT2D eigenvalue weighted by Crippen LogP contribution is 2.19. The SMILES string of the molecule is Cc1ccc(CN(CCn2nnc(C(=O)O)c2C(=O)O)S(=O)(=O)c2ccccc2)cc1. The lowest BCUT2D eigenvalue weighted by Gasteiger charge is -2.22. The van der Waals surface area contributed by atoms with Crippen LogP contribution in [0, 0.1) is 6.92 Å². The Morgan fingerprint density at radius 3 is 2.23 bits per heavy atom. The minimum Gasteiger partial charge on any atom is -0.476 e. The first kappa shape index (κ1) is 22.1. The maximum Gasteiger partial charge on any atom is 0.359 e. The van der Waals surface area contributed by atoms with Crippen LogP contribution in [0.25, 0.3) is 0 Å². The van der Waals surface area contributed by atoms with Crippen molar-refractivity contribution in [2.75, 3.05) is 6.54 Å². The predicted molar refractivity (Wildman–Crippen MR) is 109 cm³/mol. The summed E-state index contributed by atoms with van der Waals surface area (Å²) in [5.74, 6) is -3.05. The van der Waals surface area contributed by atoms with E-state index < -0.39 is 33.3 Å². The molecule has 0 fully saturated rings. The molecule has 0 unspecified atom stereocenters. The maximum absolute atomic E-state index is 13.2. The van der Waals surface area contributed by atoms with Crippen molar-refractivity contribution in [1.29, 1.82) is 0 Å². The van der Waals surface area contributed by atoms with Gasteiger partial charge in [0.25, 0.3) is 0 Å². The summed E-state index contributed by atoms with van der Waals surface area (Å²) < 4.78 is 28.5. The van der Waals surface area contributed by atoms with E-state index in [9.17, 15) is 23.1 Å². The van der Waals surface area contributed by atoms with E-state index in [1.807, 2.05) is 31.2 Å². The van der Waals surface area contributed by atoms with Gasteiger partial charge in [-0.25, -0.2) is 22.7 Å². The summed E-state index contributed by atoms with van der Waals surface area (Å²) >= 11 is 0. The minimum atomic E-state index is -3.91. The van der Waals surface area contributed by atoms with E-state index in [0.717, 1.165) is 15.8 Å². The molecule has 11 heteroatoms. The third kappa shape index (κ3) is 4.95. The maximum atomic E-state index is 13.2. The molecule has 2 aromatic carbocycles. The largest absolute Gasteiger partial charge is 0.476 e. The number of carboxylic acid groups (broad SMARTS) is 2. The molecule has 1 heterocycles. The normalized spacial score (nSPS) is 11.5. The zero-order valence-electron chi connectivity index (χ0n) is 16.5. The molecule has 0 bridgehead atoms. The van der Waals surface area contributed by atoms with Crippen LogP contribution in [0.15, 0.2) is 59.5 Å². The van der Waals surface area contributed by atoms with Gasteiger partial charge in [-0.2, -0.15) is 4.31 Å². The first-order valence-electron chi connectivity index (χ1n) is 9.21. The lowest BCUT2D eigenvalue weighted by Crippen LogP contribution is -2.34. The van der Waals surface area contributed by atoms with Crippen molar-refractivity contribution in [1.82, 2.24) is 19.3 Å². The zero-order valence-corrected chi connectivity index (χ0v) is 17.4. The van der Waals surface area contributed by atoms with E-state index >= 15 is 0 Å². The predicted octanol–water partition coefficient (Wildman–Crippen LogP) is 1.87. The number of benzene rings is 2. The number of aromatic nitrogens is 3. The average Bonchev–Trinajstić information content (AvgIpc) is 3.17. The Kier molecular flexibility index (Phi) is 6.47. The first-order valence-corrected chi connectivity index (χ1v) is 10.6. The van der Waals surface area contributed by atoms with Crippen molar-refractivity contribution in [3.8, 4) is 0 Å². The molecule has 0 aliphatic heterocycles. The van der Waals surface area contributed by atoms with Crippen LogP contribution >= 0.6 is 0 Å². The Balaban J connectivity index is 1.93. The molecule has 0 spiro atoms. The van der Waals surface area contributed by atoms with Gasteiger partial charge in [-0.1, -0.05) is 53.2 Å². The summed E-state index contributed by atoms with van der Waals surface area (Å²) in [6, 6.07) is 15.2. The summed E-state index contributed by atoms with van der Waals surface area (Å²) in [7, 11) is -3.91. The van der Waals surface area contributed by atoms with E-state index in [-0.39, 0.29) is 24.5 Å². The average molecular weight is 444 g/mol. The number of rotatable bonds is 9. The molecule has 0 aliphatic carbocycles. The number of aromatic carboxylic acids is 2. The summed E-state index contributed by atoms with van der Waals surface area (Å²) in [6.45, 7) is 1.62. The van der Waals surface area contributed by atoms with Crippen molar-refractivity contribution in [3.63, 3.8) is 0 Å². The van der Waals surface area contributed by atoms with Gasteiger partial charge in [0.2, 0.25) is 15.7 Å². The molecule has 3 aromatic rings. The molecule has 10 nitrogen and oxygen atoms in total. The van der Waals surface area contributed by atoms with E-state index in [2.05, 4.69) is 10.3 Å². The molecule has 162 valence electrons. The van der Waals surface area contributed by atoms with Crippen molar-refractivity contribution in [3.05, 3.63) is 77.1 Å². The molecular formula is C20H20N4O6S. The highest BCUT2D eigenvalue weighted by molar-refractivity contribution is 7.89. The number of hydrogen-bond acceptors (Lipinski definition) is 6. The molecular weight excluding hydrogens is 424 g/mol. The molecule has 1 aromatic heterocycles. The fraction of sp³-hybridized carbons (Fsp3) is 0.200. The minimum absolute atomic E-state index is 0.0421. The second-order valence-corrected chi connectivity index (χ2v) is 8.70. The Hall–Kier alpha value is -3.57. The third-order valence-electron chi connectivity index (χ3n) is 4.56. The number of hydrogen-bond donors (Lipinski definition) is 2. The van der Waals surface area contributed by atoms with Gasteiger partial charge < -0.3 is 10.2 Å². The van der Waals surface area contributed by atoms with Gasteiger partial charge >= 0.3 is 11.9 Å². The summed E-state index contributed by atoms with van der Waals surface area (Å²) in [5, 5.41) is 25.4. The van der Waals surface area contributed by atoms with Crippen LogP contribution in [0.5, 0.6) is 0 Å². The third-order valence-corrected chi connectivity index (χ3v) is 6.42. The quantitative estimate of drug-likeness (QED) is 0.509. The molecule has 31 heavy (non-hydrogen) atoms. The second kappa shape index (κ2) is 9.06. The monoisotopic (exact) mass is 444 g/mol. The van der Waals surface area contributed by atoms with Gasteiger partial charge in [-0.15, -0.1) is 5.10 Å². The van der Waals surface area contributed by atoms with Gasteiger partial charge in [-0.3, -0.25) is 0 Å². The van der Waals surface area contributed by atoms with E-state index in [0.29, 0.717) is 0 Å². The number of carbonyl (C=O) groups is 2. The zero-order chi connectivity index (χ0) is 22.6. The molecule has 0 radical (unpaired) electrons. The van der Waals surface area contributed by atoms with Crippen molar-refractivity contribution in [2.24, 2.45) is 0 Å². The summed E-state index contributed by atoms with van der Waals surface area (Å²) in [4.78, 5) is 22.8. The standard InChI is InChI=1S/C20H20N4O6S/c1-14-7-9-15(10-8-14)13-23(31(29,30)16-5-3-2-4-6-16)11-12-24-18(20(27)28)17(19(25)26)21-22-24/h2-10H,11-13H2,1H3,(H,25,26)(H,27,28). The molecule has 0 saturated heterocycles. The van der Waals surface area contributed by atoms with Gasteiger partial charge in [0, 0.05) is 13.1 Å². The smallest absolute Gasteiger partial charge is 0.359 e. The Bertz CT molecular complexity index is 1190. The lowest BCUT2D eigenvalue weighted by atomic mass is 10.1. The van der Waals surface area contributed by atoms with Gasteiger partial charge in [0.1, 0.15) is 0 Å². The Morgan fingerprint density at radius 2 is 1.65 bits per heavy atom. The summed E-state index contributed by atoms with van der Waals surface area (Å²) in [6.07, 6.45) is 0. The van der Waals surface area contributed by atoms with Gasteiger partial charge in [0.05, 0.1) is 11.4 Å². The van der Waals surface area contributed by atoms with Crippen LogP contribution in [0.4, 0.5) is 0 Å². The van der Waals surface area contributed by atoms with Crippen LogP contribution in [0.1, 0.15) is 32.1 Å². The van der Waals surface area contributed by atoms with E-state index in [1.54, 1.807) is 18.2 Å². The number of sulfonamides is 1. The second-order valence-electron chi connectivity index (χ2n) is 6.76. The highest BCUT2D eigenvalue weighted by Gasteiger charge is 2.28. The Labute approximate surface area is 178 Å². The molecule has 0 aliphatic rings. The van der Waals surface area contributed by atoms with E-state index in [1.165, 1.54) is 16.4 Å². The number of nitrogens with zero attached hydrogens (tertiary/aromatic N) is 4. The van der Waals surface area contributed by atoms with Crippen LogP contribution in [-0.2, 0) is 23.1 Å². The van der Waals surface area contributed by atoms with Gasteiger partial charge in [0.15, 0.2) is 5.69 Å². The lowest BCUT2D eigenvalue weighted by molar-refractivity contribution is 0.0640. The molecule has 0 amide bonds. The molecule has 2 N–H and O–H groups in total.